The van der Waals surface area contributed by atoms with Crippen molar-refractivity contribution >= 4 is 12.2 Å². The van der Waals surface area contributed by atoms with Gasteiger partial charge in [0, 0.05) is 6.61 Å². The highest BCUT2D eigenvalue weighted by Crippen LogP contribution is 2.15. The van der Waals surface area contributed by atoms with Crippen LogP contribution in [0.2, 0.25) is 0 Å². The van der Waals surface area contributed by atoms with Crippen LogP contribution in [0.1, 0.15) is 26.7 Å². The molecule has 0 aromatic rings. The van der Waals surface area contributed by atoms with Crippen LogP contribution in [0.25, 0.3) is 0 Å². The number of carbonyl (C=O) groups is 2. The normalized spacial score (nSPS) is 18.6. The number of nitrogens with zero attached hydrogens (tertiary/aromatic N) is 1. The Morgan fingerprint density at radius 3 is 2.59 bits per heavy atom. The second kappa shape index (κ2) is 6.95. The Balaban J connectivity index is 2.57. The van der Waals surface area contributed by atoms with Gasteiger partial charge in [-0.25, -0.2) is 15.0 Å². The third-order valence-electron chi connectivity index (χ3n) is 2.15. The second-order valence-electron chi connectivity index (χ2n) is 3.37. The van der Waals surface area contributed by atoms with E-state index in [0.717, 1.165) is 11.4 Å². The molecule has 7 nitrogen and oxygen atoms in total. The van der Waals surface area contributed by atoms with Gasteiger partial charge >= 0.3 is 12.2 Å². The Morgan fingerprint density at radius 1 is 1.35 bits per heavy atom. The standard InChI is InChI=1S/C10H18N2O5/c1-3-15-9(13)11-12(10(14)16-4-2)8-6-5-7-17-8/h8H,3-7H2,1-2H3,(H,11,13). The molecule has 0 aromatic heterocycles. The number of nitrogens with one attached hydrogen (secondary N) is 1. The van der Waals surface area contributed by atoms with Crippen LogP contribution in [-0.2, 0) is 14.2 Å². The second-order valence-corrected chi connectivity index (χ2v) is 3.37. The zero-order valence-electron chi connectivity index (χ0n) is 10.1. The zero-order valence-corrected chi connectivity index (χ0v) is 10.1. The molecule has 98 valence electrons. The molecule has 1 fully saturated rings. The monoisotopic (exact) mass is 246 g/mol. The third kappa shape index (κ3) is 4.10. The minimum absolute atomic E-state index is 0.229. The number of amides is 2. The van der Waals surface area contributed by atoms with Gasteiger partial charge in [0.05, 0.1) is 13.2 Å². The van der Waals surface area contributed by atoms with Gasteiger partial charge in [-0.05, 0) is 26.7 Å². The maximum Gasteiger partial charge on any atom is 0.431 e. The highest BCUT2D eigenvalue weighted by molar-refractivity contribution is 5.74. The first-order chi connectivity index (χ1) is 8.19. The summed E-state index contributed by atoms with van der Waals surface area (Å²) in [6.45, 7) is 4.39. The highest BCUT2D eigenvalue weighted by Gasteiger charge is 2.30. The van der Waals surface area contributed by atoms with E-state index in [9.17, 15) is 9.59 Å². The number of hydrogen-bond acceptors (Lipinski definition) is 5. The van der Waals surface area contributed by atoms with Gasteiger partial charge in [0.1, 0.15) is 0 Å². The topological polar surface area (TPSA) is 77.1 Å². The largest absolute Gasteiger partial charge is 0.449 e. The fourth-order valence-corrected chi connectivity index (χ4v) is 1.45. The molecule has 1 unspecified atom stereocenters. The molecule has 0 spiro atoms. The average molecular weight is 246 g/mol. The number of ether oxygens (including phenoxy) is 3. The number of rotatable bonds is 3. The van der Waals surface area contributed by atoms with Gasteiger partial charge < -0.3 is 14.2 Å². The lowest BCUT2D eigenvalue weighted by molar-refractivity contribution is -0.0414. The summed E-state index contributed by atoms with van der Waals surface area (Å²) in [6.07, 6.45) is -0.335. The SMILES string of the molecule is CCOC(=O)NN(C(=O)OCC)C1CCCO1. The van der Waals surface area contributed by atoms with Crippen LogP contribution >= 0.6 is 0 Å². The fraction of sp³-hybridized carbons (Fsp3) is 0.800. The molecule has 1 rings (SSSR count). The molecular weight excluding hydrogens is 228 g/mol. The van der Waals surface area contributed by atoms with Crippen molar-refractivity contribution in [3.63, 3.8) is 0 Å². The van der Waals surface area contributed by atoms with E-state index in [4.69, 9.17) is 14.2 Å². The lowest BCUT2D eigenvalue weighted by atomic mass is 10.3. The quantitative estimate of drug-likeness (QED) is 0.758. The van der Waals surface area contributed by atoms with Crippen molar-refractivity contribution in [2.75, 3.05) is 19.8 Å². The Kier molecular flexibility index (Phi) is 5.55. The molecule has 2 amide bonds. The van der Waals surface area contributed by atoms with Crippen molar-refractivity contribution in [3.05, 3.63) is 0 Å². The van der Waals surface area contributed by atoms with Crippen molar-refractivity contribution in [2.24, 2.45) is 0 Å². The fourth-order valence-electron chi connectivity index (χ4n) is 1.45. The molecule has 0 aliphatic carbocycles. The Bertz CT molecular complexity index is 265. The van der Waals surface area contributed by atoms with Gasteiger partial charge in [-0.15, -0.1) is 0 Å². The Labute approximate surface area is 100.0 Å². The molecule has 1 heterocycles. The van der Waals surface area contributed by atoms with Crippen LogP contribution < -0.4 is 5.43 Å². The van der Waals surface area contributed by atoms with Gasteiger partial charge in [0.2, 0.25) is 0 Å². The van der Waals surface area contributed by atoms with Crippen molar-refractivity contribution < 1.29 is 23.8 Å². The van der Waals surface area contributed by atoms with E-state index >= 15 is 0 Å². The van der Waals surface area contributed by atoms with E-state index in [0.29, 0.717) is 13.0 Å². The summed E-state index contributed by atoms with van der Waals surface area (Å²) in [6, 6.07) is 0. The van der Waals surface area contributed by atoms with Crippen LogP contribution in [0.4, 0.5) is 9.59 Å². The van der Waals surface area contributed by atoms with Gasteiger partial charge in [-0.2, -0.15) is 5.01 Å². The smallest absolute Gasteiger partial charge is 0.431 e. The molecule has 0 bridgehead atoms. The van der Waals surface area contributed by atoms with Gasteiger partial charge in [-0.3, -0.25) is 0 Å². The van der Waals surface area contributed by atoms with E-state index in [1.54, 1.807) is 13.8 Å². The highest BCUT2D eigenvalue weighted by atomic mass is 16.6. The van der Waals surface area contributed by atoms with E-state index in [-0.39, 0.29) is 13.2 Å². The maximum absolute atomic E-state index is 11.6. The van der Waals surface area contributed by atoms with Crippen molar-refractivity contribution in [3.8, 4) is 0 Å². The molecule has 0 saturated carbocycles. The van der Waals surface area contributed by atoms with E-state index in [2.05, 4.69) is 5.43 Å². The van der Waals surface area contributed by atoms with Crippen LogP contribution in [0.3, 0.4) is 0 Å². The predicted molar refractivity (Wildman–Crippen MR) is 58.0 cm³/mol. The van der Waals surface area contributed by atoms with Crippen molar-refractivity contribution in [1.29, 1.82) is 0 Å². The van der Waals surface area contributed by atoms with Crippen LogP contribution in [0.15, 0.2) is 0 Å². The van der Waals surface area contributed by atoms with Crippen LogP contribution in [0, 0.1) is 0 Å². The summed E-state index contributed by atoms with van der Waals surface area (Å²) in [7, 11) is 0. The van der Waals surface area contributed by atoms with Gasteiger partial charge in [-0.1, -0.05) is 0 Å². The summed E-state index contributed by atoms with van der Waals surface area (Å²) in [4.78, 5) is 22.9. The number of hydrazine groups is 1. The maximum atomic E-state index is 11.6. The van der Waals surface area contributed by atoms with Gasteiger partial charge in [0.25, 0.3) is 0 Å². The van der Waals surface area contributed by atoms with Crippen molar-refractivity contribution in [1.82, 2.24) is 10.4 Å². The molecule has 0 aromatic carbocycles. The third-order valence-corrected chi connectivity index (χ3v) is 2.15. The Hall–Kier alpha value is -1.50. The first-order valence-electron chi connectivity index (χ1n) is 5.70. The molecule has 1 atom stereocenters. The first-order valence-corrected chi connectivity index (χ1v) is 5.70. The van der Waals surface area contributed by atoms with E-state index in [1.165, 1.54) is 0 Å². The predicted octanol–water partition coefficient (Wildman–Crippen LogP) is 1.24. The minimum atomic E-state index is -0.698. The van der Waals surface area contributed by atoms with Crippen molar-refractivity contribution in [2.45, 2.75) is 32.9 Å². The average Bonchev–Trinajstić information content (AvgIpc) is 2.79. The molecule has 17 heavy (non-hydrogen) atoms. The molecule has 0 radical (unpaired) electrons. The van der Waals surface area contributed by atoms with Crippen LogP contribution in [0.5, 0.6) is 0 Å². The molecule has 7 heteroatoms. The number of carbonyl (C=O) groups excluding carboxylic acids is 2. The lowest BCUT2D eigenvalue weighted by Crippen LogP contribution is -2.52. The van der Waals surface area contributed by atoms with Crippen LogP contribution in [-0.4, -0.2) is 43.2 Å². The Morgan fingerprint density at radius 2 is 2.06 bits per heavy atom. The molecule has 1 saturated heterocycles. The summed E-state index contributed by atoms with van der Waals surface area (Å²) in [5.41, 5.74) is 2.32. The van der Waals surface area contributed by atoms with E-state index in [1.807, 2.05) is 0 Å². The summed E-state index contributed by atoms with van der Waals surface area (Å²) in [5.74, 6) is 0. The first kappa shape index (κ1) is 13.6. The zero-order chi connectivity index (χ0) is 12.7. The molecular formula is C10H18N2O5. The summed E-state index contributed by atoms with van der Waals surface area (Å²) >= 11 is 0. The number of hydrogen-bond donors (Lipinski definition) is 1. The minimum Gasteiger partial charge on any atom is -0.449 e. The lowest BCUT2D eigenvalue weighted by Gasteiger charge is -2.26. The summed E-state index contributed by atoms with van der Waals surface area (Å²) < 4.78 is 14.9. The molecule has 1 aliphatic heterocycles. The van der Waals surface area contributed by atoms with E-state index < -0.39 is 18.4 Å². The van der Waals surface area contributed by atoms with Gasteiger partial charge in [0.15, 0.2) is 6.23 Å². The molecule has 1 aliphatic rings. The summed E-state index contributed by atoms with van der Waals surface area (Å²) in [5, 5.41) is 1.04. The molecule has 1 N–H and O–H groups in total.